The van der Waals surface area contributed by atoms with Gasteiger partial charge in [0.15, 0.2) is 0 Å². The molecule has 2 rings (SSSR count). The molecular formula is C14H17BrN2O3. The molecule has 1 aromatic carbocycles. The third-order valence-electron chi connectivity index (χ3n) is 3.25. The summed E-state index contributed by atoms with van der Waals surface area (Å²) in [5.41, 5.74) is 1.05. The molecule has 0 unspecified atom stereocenters. The van der Waals surface area contributed by atoms with Crippen LogP contribution in [0.4, 0.5) is 5.69 Å². The van der Waals surface area contributed by atoms with Crippen LogP contribution in [0.15, 0.2) is 22.7 Å². The summed E-state index contributed by atoms with van der Waals surface area (Å²) in [5.74, 6) is 0.309. The van der Waals surface area contributed by atoms with Crippen LogP contribution in [-0.4, -0.2) is 43.0 Å². The Morgan fingerprint density at radius 1 is 1.15 bits per heavy atom. The first-order valence-electron chi connectivity index (χ1n) is 6.46. The van der Waals surface area contributed by atoms with Gasteiger partial charge in [-0.2, -0.15) is 0 Å². The van der Waals surface area contributed by atoms with Gasteiger partial charge < -0.3 is 14.5 Å². The number of carbonyl (C=O) groups is 2. The van der Waals surface area contributed by atoms with Crippen molar-refractivity contribution in [1.82, 2.24) is 4.90 Å². The zero-order chi connectivity index (χ0) is 14.7. The van der Waals surface area contributed by atoms with Crippen LogP contribution in [0.5, 0.6) is 5.75 Å². The second-order valence-electron chi connectivity index (χ2n) is 4.70. The molecule has 108 valence electrons. The lowest BCUT2D eigenvalue weighted by Gasteiger charge is -2.36. The lowest BCUT2D eigenvalue weighted by molar-refractivity contribution is -0.132. The summed E-state index contributed by atoms with van der Waals surface area (Å²) in [6.45, 7) is 6.03. The van der Waals surface area contributed by atoms with Crippen molar-refractivity contribution in [3.8, 4) is 5.75 Å². The van der Waals surface area contributed by atoms with Crippen molar-refractivity contribution in [3.05, 3.63) is 22.7 Å². The van der Waals surface area contributed by atoms with Gasteiger partial charge in [0.1, 0.15) is 5.75 Å². The molecule has 1 aromatic rings. The Morgan fingerprint density at radius 3 is 2.30 bits per heavy atom. The van der Waals surface area contributed by atoms with Crippen LogP contribution in [0.1, 0.15) is 13.8 Å². The fraction of sp³-hybridized carbons (Fsp3) is 0.429. The van der Waals surface area contributed by atoms with Crippen LogP contribution in [0, 0.1) is 0 Å². The molecule has 1 aliphatic rings. The Kier molecular flexibility index (Phi) is 4.65. The third-order valence-corrected chi connectivity index (χ3v) is 3.88. The van der Waals surface area contributed by atoms with Gasteiger partial charge in [-0.05, 0) is 34.1 Å². The maximum Gasteiger partial charge on any atom is 0.308 e. The van der Waals surface area contributed by atoms with E-state index in [1.54, 1.807) is 19.1 Å². The summed E-state index contributed by atoms with van der Waals surface area (Å²) in [6, 6.07) is 5.48. The normalized spacial score (nSPS) is 15.2. The summed E-state index contributed by atoms with van der Waals surface area (Å²) in [7, 11) is 0. The van der Waals surface area contributed by atoms with Crippen LogP contribution in [0.3, 0.4) is 0 Å². The summed E-state index contributed by atoms with van der Waals surface area (Å²) in [6.07, 6.45) is 0. The quantitative estimate of drug-likeness (QED) is 0.610. The van der Waals surface area contributed by atoms with Crippen molar-refractivity contribution in [3.63, 3.8) is 0 Å². The minimum absolute atomic E-state index is 0.119. The number of halogens is 1. The number of benzene rings is 1. The van der Waals surface area contributed by atoms with Crippen molar-refractivity contribution in [2.45, 2.75) is 13.8 Å². The maximum atomic E-state index is 11.3. The number of nitrogens with zero attached hydrogens (tertiary/aromatic N) is 2. The number of hydrogen-bond donors (Lipinski definition) is 0. The van der Waals surface area contributed by atoms with E-state index in [0.29, 0.717) is 5.75 Å². The molecule has 6 heteroatoms. The van der Waals surface area contributed by atoms with Crippen molar-refractivity contribution in [2.24, 2.45) is 0 Å². The highest BCUT2D eigenvalue weighted by molar-refractivity contribution is 9.10. The number of piperazine rings is 1. The van der Waals surface area contributed by atoms with E-state index in [-0.39, 0.29) is 11.9 Å². The van der Waals surface area contributed by atoms with E-state index in [0.717, 1.165) is 36.3 Å². The number of hydrogen-bond acceptors (Lipinski definition) is 4. The summed E-state index contributed by atoms with van der Waals surface area (Å²) in [4.78, 5) is 26.3. The molecule has 0 aliphatic carbocycles. The Hall–Kier alpha value is -1.56. The molecule has 0 atom stereocenters. The minimum atomic E-state index is -0.334. The smallest absolute Gasteiger partial charge is 0.308 e. The molecule has 1 aliphatic heterocycles. The van der Waals surface area contributed by atoms with Crippen molar-refractivity contribution in [2.75, 3.05) is 31.1 Å². The van der Waals surface area contributed by atoms with Gasteiger partial charge in [0.05, 0.1) is 5.69 Å². The zero-order valence-electron chi connectivity index (χ0n) is 11.6. The lowest BCUT2D eigenvalue weighted by Crippen LogP contribution is -2.48. The fourth-order valence-electron chi connectivity index (χ4n) is 2.24. The monoisotopic (exact) mass is 340 g/mol. The predicted molar refractivity (Wildman–Crippen MR) is 79.9 cm³/mol. The Balaban J connectivity index is 2.07. The van der Waals surface area contributed by atoms with E-state index in [4.69, 9.17) is 4.74 Å². The fourth-order valence-corrected chi connectivity index (χ4v) is 2.84. The highest BCUT2D eigenvalue weighted by Crippen LogP contribution is 2.31. The molecule has 0 bridgehead atoms. The number of carbonyl (C=O) groups excluding carboxylic acids is 2. The molecule has 1 heterocycles. The third kappa shape index (κ3) is 3.50. The predicted octanol–water partition coefficient (Wildman–Crippen LogP) is 2.04. The van der Waals surface area contributed by atoms with E-state index in [9.17, 15) is 9.59 Å². The van der Waals surface area contributed by atoms with Crippen molar-refractivity contribution in [1.29, 1.82) is 0 Å². The highest BCUT2D eigenvalue weighted by atomic mass is 79.9. The first-order valence-corrected chi connectivity index (χ1v) is 7.25. The molecule has 5 nitrogen and oxygen atoms in total. The lowest BCUT2D eigenvalue weighted by atomic mass is 10.2. The second kappa shape index (κ2) is 6.26. The van der Waals surface area contributed by atoms with Crippen molar-refractivity contribution >= 4 is 33.5 Å². The van der Waals surface area contributed by atoms with Gasteiger partial charge >= 0.3 is 5.97 Å². The molecule has 0 spiro atoms. The molecular weight excluding hydrogens is 324 g/mol. The molecule has 0 aromatic heterocycles. The summed E-state index contributed by atoms with van der Waals surface area (Å²) in [5, 5.41) is 0. The molecule has 0 N–H and O–H groups in total. The number of amides is 1. The largest absolute Gasteiger partial charge is 0.427 e. The zero-order valence-corrected chi connectivity index (χ0v) is 13.1. The molecule has 0 radical (unpaired) electrons. The van der Waals surface area contributed by atoms with Gasteiger partial charge in [-0.25, -0.2) is 0 Å². The van der Waals surface area contributed by atoms with Gasteiger partial charge in [-0.3, -0.25) is 9.59 Å². The van der Waals surface area contributed by atoms with E-state index < -0.39 is 0 Å². The van der Waals surface area contributed by atoms with Crippen LogP contribution >= 0.6 is 15.9 Å². The molecule has 0 saturated carbocycles. The van der Waals surface area contributed by atoms with Crippen LogP contribution < -0.4 is 9.64 Å². The topological polar surface area (TPSA) is 49.9 Å². The highest BCUT2D eigenvalue weighted by Gasteiger charge is 2.20. The standard InChI is InChI=1S/C14H17BrN2O3/c1-10(18)16-5-7-17(8-6-16)14-4-3-12(9-13(14)15)20-11(2)19/h3-4,9H,5-8H2,1-2H3. The minimum Gasteiger partial charge on any atom is -0.427 e. The van der Waals surface area contributed by atoms with E-state index in [1.165, 1.54) is 6.92 Å². The first-order chi connectivity index (χ1) is 9.47. The Labute approximate surface area is 126 Å². The average molecular weight is 341 g/mol. The van der Waals surface area contributed by atoms with E-state index >= 15 is 0 Å². The van der Waals surface area contributed by atoms with Crippen LogP contribution in [-0.2, 0) is 9.59 Å². The van der Waals surface area contributed by atoms with E-state index in [1.807, 2.05) is 11.0 Å². The number of rotatable bonds is 2. The number of anilines is 1. The van der Waals surface area contributed by atoms with Gasteiger partial charge in [-0.1, -0.05) is 0 Å². The SMILES string of the molecule is CC(=O)Oc1ccc(N2CCN(C(C)=O)CC2)c(Br)c1. The summed E-state index contributed by atoms with van der Waals surface area (Å²) < 4.78 is 5.93. The maximum absolute atomic E-state index is 11.3. The molecule has 1 fully saturated rings. The van der Waals surface area contributed by atoms with Crippen LogP contribution in [0.2, 0.25) is 0 Å². The Bertz CT molecular complexity index is 525. The van der Waals surface area contributed by atoms with E-state index in [2.05, 4.69) is 20.8 Å². The van der Waals surface area contributed by atoms with Gasteiger partial charge in [0.25, 0.3) is 0 Å². The number of esters is 1. The first kappa shape index (κ1) is 14.8. The van der Waals surface area contributed by atoms with Gasteiger partial charge in [-0.15, -0.1) is 0 Å². The Morgan fingerprint density at radius 2 is 1.80 bits per heavy atom. The average Bonchev–Trinajstić information content (AvgIpc) is 2.38. The van der Waals surface area contributed by atoms with Crippen molar-refractivity contribution < 1.29 is 14.3 Å². The van der Waals surface area contributed by atoms with Gasteiger partial charge in [0, 0.05) is 44.5 Å². The molecule has 1 saturated heterocycles. The molecule has 20 heavy (non-hydrogen) atoms. The van der Waals surface area contributed by atoms with Gasteiger partial charge in [0.2, 0.25) is 5.91 Å². The second-order valence-corrected chi connectivity index (χ2v) is 5.55. The summed E-state index contributed by atoms with van der Waals surface area (Å²) >= 11 is 3.50. The van der Waals surface area contributed by atoms with Crippen LogP contribution in [0.25, 0.3) is 0 Å². The molecule has 1 amide bonds. The number of ether oxygens (including phenoxy) is 1.